The zero-order chi connectivity index (χ0) is 19.8. The highest BCUT2D eigenvalue weighted by molar-refractivity contribution is 5.78. The molecule has 0 heterocycles. The summed E-state index contributed by atoms with van der Waals surface area (Å²) in [5.74, 6) is 1.04. The zero-order valence-corrected chi connectivity index (χ0v) is 16.3. The summed E-state index contributed by atoms with van der Waals surface area (Å²) in [6.07, 6.45) is 0. The van der Waals surface area contributed by atoms with Crippen molar-refractivity contribution in [3.05, 3.63) is 58.9 Å². The first-order valence-corrected chi connectivity index (χ1v) is 8.91. The van der Waals surface area contributed by atoms with E-state index in [-0.39, 0.29) is 18.3 Å². The number of carbonyl (C=O) groups is 1. The maximum absolute atomic E-state index is 13.3. The Morgan fingerprint density at radius 3 is 2.41 bits per heavy atom. The maximum atomic E-state index is 13.3. The van der Waals surface area contributed by atoms with Gasteiger partial charge in [0.25, 0.3) is 0 Å². The van der Waals surface area contributed by atoms with E-state index in [2.05, 4.69) is 5.32 Å². The van der Waals surface area contributed by atoms with Gasteiger partial charge in [-0.3, -0.25) is 9.69 Å². The molecule has 0 fully saturated rings. The average molecular weight is 374 g/mol. The van der Waals surface area contributed by atoms with Crippen molar-refractivity contribution in [2.45, 2.75) is 26.9 Å². The fourth-order valence-electron chi connectivity index (χ4n) is 2.79. The summed E-state index contributed by atoms with van der Waals surface area (Å²) >= 11 is 0. The van der Waals surface area contributed by atoms with E-state index in [0.717, 1.165) is 17.7 Å². The van der Waals surface area contributed by atoms with Gasteiger partial charge in [-0.25, -0.2) is 4.39 Å². The van der Waals surface area contributed by atoms with Crippen molar-refractivity contribution in [3.8, 4) is 11.5 Å². The molecule has 0 aliphatic carbocycles. The molecule has 0 aromatic heterocycles. The number of aryl methyl sites for hydroxylation is 1. The molecule has 6 heteroatoms. The third-order valence-corrected chi connectivity index (χ3v) is 4.38. The van der Waals surface area contributed by atoms with Gasteiger partial charge in [-0.05, 0) is 48.4 Å². The normalized spacial score (nSPS) is 10.7. The van der Waals surface area contributed by atoms with Gasteiger partial charge in [0.2, 0.25) is 5.91 Å². The second-order valence-corrected chi connectivity index (χ2v) is 6.35. The van der Waals surface area contributed by atoms with Gasteiger partial charge in [0, 0.05) is 13.1 Å². The lowest BCUT2D eigenvalue weighted by Gasteiger charge is -2.20. The van der Waals surface area contributed by atoms with Crippen LogP contribution in [0.4, 0.5) is 4.39 Å². The molecule has 0 saturated heterocycles. The third-order valence-electron chi connectivity index (χ3n) is 4.38. The standard InChI is InChI=1S/C21H27FN2O3/c1-5-24(13-17-7-9-19(26-3)20(11-17)27-4)14-21(25)23-12-16-6-8-18(22)15(2)10-16/h6-11H,5,12-14H2,1-4H3,(H,23,25). The Morgan fingerprint density at radius 2 is 1.78 bits per heavy atom. The van der Waals surface area contributed by atoms with Crippen molar-refractivity contribution in [2.24, 2.45) is 0 Å². The van der Waals surface area contributed by atoms with Crippen molar-refractivity contribution >= 4 is 5.91 Å². The van der Waals surface area contributed by atoms with E-state index in [1.54, 1.807) is 33.3 Å². The molecule has 2 aromatic carbocycles. The minimum atomic E-state index is -0.239. The van der Waals surface area contributed by atoms with Crippen LogP contribution in [-0.4, -0.2) is 38.1 Å². The molecule has 146 valence electrons. The summed E-state index contributed by atoms with van der Waals surface area (Å²) in [5, 5.41) is 2.89. The number of hydrogen-bond donors (Lipinski definition) is 1. The average Bonchev–Trinajstić information content (AvgIpc) is 2.68. The van der Waals surface area contributed by atoms with Gasteiger partial charge in [-0.1, -0.05) is 25.1 Å². The van der Waals surface area contributed by atoms with Gasteiger partial charge in [0.05, 0.1) is 20.8 Å². The van der Waals surface area contributed by atoms with Crippen LogP contribution in [0.2, 0.25) is 0 Å². The molecule has 2 rings (SSSR count). The first kappa shape index (κ1) is 20.7. The number of methoxy groups -OCH3 is 2. The first-order valence-electron chi connectivity index (χ1n) is 8.91. The Kier molecular flexibility index (Phi) is 7.61. The van der Waals surface area contributed by atoms with E-state index >= 15 is 0 Å². The van der Waals surface area contributed by atoms with Gasteiger partial charge in [-0.15, -0.1) is 0 Å². The molecule has 0 unspecified atom stereocenters. The monoisotopic (exact) mass is 374 g/mol. The van der Waals surface area contributed by atoms with Crippen molar-refractivity contribution in [1.82, 2.24) is 10.2 Å². The molecule has 0 bridgehead atoms. The largest absolute Gasteiger partial charge is 0.493 e. The molecule has 0 radical (unpaired) electrons. The predicted octanol–water partition coefficient (Wildman–Crippen LogP) is 3.29. The minimum Gasteiger partial charge on any atom is -0.493 e. The number of amides is 1. The van der Waals surface area contributed by atoms with Crippen molar-refractivity contribution in [1.29, 1.82) is 0 Å². The Bertz CT molecular complexity index is 780. The maximum Gasteiger partial charge on any atom is 0.234 e. The molecule has 1 amide bonds. The van der Waals surface area contributed by atoms with Crippen LogP contribution in [0.25, 0.3) is 0 Å². The first-order chi connectivity index (χ1) is 13.0. The van der Waals surface area contributed by atoms with Gasteiger partial charge < -0.3 is 14.8 Å². The van der Waals surface area contributed by atoms with Gasteiger partial charge in [0.15, 0.2) is 11.5 Å². The van der Waals surface area contributed by atoms with Crippen molar-refractivity contribution in [3.63, 3.8) is 0 Å². The highest BCUT2D eigenvalue weighted by atomic mass is 19.1. The molecule has 0 aliphatic heterocycles. The summed E-state index contributed by atoms with van der Waals surface area (Å²) in [7, 11) is 3.20. The number of rotatable bonds is 9. The van der Waals surface area contributed by atoms with Crippen LogP contribution in [0.1, 0.15) is 23.6 Å². The SMILES string of the molecule is CCN(CC(=O)NCc1ccc(F)c(C)c1)Cc1ccc(OC)c(OC)c1. The quantitative estimate of drug-likeness (QED) is 0.732. The molecular weight excluding hydrogens is 347 g/mol. The van der Waals surface area contributed by atoms with Crippen LogP contribution in [0.5, 0.6) is 11.5 Å². The lowest BCUT2D eigenvalue weighted by Crippen LogP contribution is -2.36. The number of nitrogens with zero attached hydrogens (tertiary/aromatic N) is 1. The van der Waals surface area contributed by atoms with Crippen LogP contribution in [0.3, 0.4) is 0 Å². The summed E-state index contributed by atoms with van der Waals surface area (Å²) in [4.78, 5) is 14.3. The second kappa shape index (κ2) is 9.92. The van der Waals surface area contributed by atoms with Crippen molar-refractivity contribution < 1.29 is 18.7 Å². The molecule has 0 atom stereocenters. The van der Waals surface area contributed by atoms with Crippen LogP contribution < -0.4 is 14.8 Å². The number of nitrogens with one attached hydrogen (secondary N) is 1. The topological polar surface area (TPSA) is 50.8 Å². The number of likely N-dealkylation sites (N-methyl/N-ethyl adjacent to an activating group) is 1. The lowest BCUT2D eigenvalue weighted by molar-refractivity contribution is -0.122. The Hall–Kier alpha value is -2.60. The highest BCUT2D eigenvalue weighted by Gasteiger charge is 2.12. The number of ether oxygens (including phenoxy) is 2. The summed E-state index contributed by atoms with van der Waals surface area (Å²) in [6, 6.07) is 10.6. The predicted molar refractivity (Wildman–Crippen MR) is 103 cm³/mol. The van der Waals surface area contributed by atoms with Crippen LogP contribution in [-0.2, 0) is 17.9 Å². The number of carbonyl (C=O) groups excluding carboxylic acids is 1. The Balaban J connectivity index is 1.91. The smallest absolute Gasteiger partial charge is 0.234 e. The molecule has 2 aromatic rings. The van der Waals surface area contributed by atoms with E-state index in [4.69, 9.17) is 9.47 Å². The molecule has 5 nitrogen and oxygen atoms in total. The van der Waals surface area contributed by atoms with E-state index in [1.165, 1.54) is 6.07 Å². The lowest BCUT2D eigenvalue weighted by atomic mass is 10.1. The minimum absolute atomic E-state index is 0.0701. The summed E-state index contributed by atoms with van der Waals surface area (Å²) in [5.41, 5.74) is 2.49. The molecule has 0 saturated carbocycles. The third kappa shape index (κ3) is 5.96. The molecule has 0 spiro atoms. The highest BCUT2D eigenvalue weighted by Crippen LogP contribution is 2.28. The van der Waals surface area contributed by atoms with E-state index < -0.39 is 0 Å². The fourth-order valence-corrected chi connectivity index (χ4v) is 2.79. The summed E-state index contributed by atoms with van der Waals surface area (Å²) < 4.78 is 23.9. The van der Waals surface area contributed by atoms with E-state index in [0.29, 0.717) is 30.2 Å². The molecule has 0 aliphatic rings. The summed E-state index contributed by atoms with van der Waals surface area (Å²) in [6.45, 7) is 5.75. The fraction of sp³-hybridized carbons (Fsp3) is 0.381. The van der Waals surface area contributed by atoms with Crippen LogP contribution >= 0.6 is 0 Å². The number of benzene rings is 2. The molecule has 27 heavy (non-hydrogen) atoms. The Morgan fingerprint density at radius 1 is 1.07 bits per heavy atom. The Labute approximate surface area is 160 Å². The van der Waals surface area contributed by atoms with Crippen LogP contribution in [0.15, 0.2) is 36.4 Å². The van der Waals surface area contributed by atoms with Crippen LogP contribution in [0, 0.1) is 12.7 Å². The molecule has 1 N–H and O–H groups in total. The van der Waals surface area contributed by atoms with Crippen molar-refractivity contribution in [2.75, 3.05) is 27.3 Å². The zero-order valence-electron chi connectivity index (χ0n) is 16.3. The van der Waals surface area contributed by atoms with Gasteiger partial charge in [-0.2, -0.15) is 0 Å². The number of hydrogen-bond acceptors (Lipinski definition) is 4. The van der Waals surface area contributed by atoms with E-state index in [1.807, 2.05) is 30.0 Å². The van der Waals surface area contributed by atoms with Gasteiger partial charge >= 0.3 is 0 Å². The van der Waals surface area contributed by atoms with Gasteiger partial charge in [0.1, 0.15) is 5.82 Å². The van der Waals surface area contributed by atoms with E-state index in [9.17, 15) is 9.18 Å². The number of halogens is 1. The molecular formula is C21H27FN2O3. The second-order valence-electron chi connectivity index (χ2n) is 6.35.